The van der Waals surface area contributed by atoms with Crippen LogP contribution in [-0.4, -0.2) is 15.8 Å². The molecule has 0 fully saturated rings. The lowest BCUT2D eigenvalue weighted by atomic mass is 10.1. The van der Waals surface area contributed by atoms with Crippen molar-refractivity contribution in [3.05, 3.63) is 90.5 Å². The van der Waals surface area contributed by atoms with Gasteiger partial charge >= 0.3 is 0 Å². The molecule has 1 N–H and O–H groups in total. The second kappa shape index (κ2) is 7.80. The van der Waals surface area contributed by atoms with Gasteiger partial charge in [0.1, 0.15) is 0 Å². The molecule has 0 aliphatic carbocycles. The van der Waals surface area contributed by atoms with Gasteiger partial charge in [0.05, 0.1) is 17.1 Å². The molecule has 0 spiro atoms. The lowest BCUT2D eigenvalue weighted by Crippen LogP contribution is -1.89. The Morgan fingerprint density at radius 2 is 1.39 bits per heavy atom. The van der Waals surface area contributed by atoms with E-state index < -0.39 is 0 Å². The molecule has 0 aliphatic heterocycles. The van der Waals surface area contributed by atoms with E-state index in [1.165, 1.54) is 6.92 Å². The summed E-state index contributed by atoms with van der Waals surface area (Å²) in [5.74, 6) is 0.447. The number of carbonyl (C=O) groups is 1. The fourth-order valence-corrected chi connectivity index (χ4v) is 2.89. The predicted octanol–water partition coefficient (Wildman–Crippen LogP) is 6.36. The SMILES string of the molecule is CC(=O)c1ccc(N=Nc2nc(-c3ccccc3)c(-c3ccccc3)[nH]2)cc1. The van der Waals surface area contributed by atoms with E-state index in [-0.39, 0.29) is 5.78 Å². The first-order valence-electron chi connectivity index (χ1n) is 8.94. The largest absolute Gasteiger partial charge is 0.320 e. The van der Waals surface area contributed by atoms with Crippen LogP contribution in [0, 0.1) is 0 Å². The van der Waals surface area contributed by atoms with Crippen molar-refractivity contribution in [2.24, 2.45) is 10.2 Å². The standard InChI is InChI=1S/C23H18N4O/c1-16(28)17-12-14-20(15-13-17)26-27-23-24-21(18-8-4-2-5-9-18)22(25-23)19-10-6-3-7-11-19/h2-15H,1H3,(H,24,25). The van der Waals surface area contributed by atoms with Gasteiger partial charge in [0.15, 0.2) is 5.78 Å². The van der Waals surface area contributed by atoms with Crippen LogP contribution < -0.4 is 0 Å². The number of Topliss-reactive ketones (excluding diaryl/α,β-unsaturated/α-hetero) is 1. The van der Waals surface area contributed by atoms with Gasteiger partial charge in [0, 0.05) is 16.7 Å². The molecule has 1 heterocycles. The first-order chi connectivity index (χ1) is 13.7. The Morgan fingerprint density at radius 1 is 0.786 bits per heavy atom. The van der Waals surface area contributed by atoms with E-state index in [9.17, 15) is 4.79 Å². The van der Waals surface area contributed by atoms with Gasteiger partial charge in [0.25, 0.3) is 0 Å². The third-order valence-electron chi connectivity index (χ3n) is 4.34. The Hall–Kier alpha value is -3.86. The van der Waals surface area contributed by atoms with E-state index >= 15 is 0 Å². The second-order valence-corrected chi connectivity index (χ2v) is 6.32. The van der Waals surface area contributed by atoms with Crippen molar-refractivity contribution in [2.75, 3.05) is 0 Å². The van der Waals surface area contributed by atoms with E-state index in [4.69, 9.17) is 0 Å². The van der Waals surface area contributed by atoms with E-state index in [0.29, 0.717) is 17.2 Å². The van der Waals surface area contributed by atoms with Gasteiger partial charge in [-0.1, -0.05) is 60.7 Å². The molecule has 5 heteroatoms. The first kappa shape index (κ1) is 17.5. The molecule has 136 valence electrons. The number of carbonyl (C=O) groups excluding carboxylic acids is 1. The highest BCUT2D eigenvalue weighted by atomic mass is 16.1. The second-order valence-electron chi connectivity index (χ2n) is 6.32. The number of nitrogens with one attached hydrogen (secondary N) is 1. The highest BCUT2D eigenvalue weighted by Gasteiger charge is 2.13. The summed E-state index contributed by atoms with van der Waals surface area (Å²) in [6.45, 7) is 1.54. The summed E-state index contributed by atoms with van der Waals surface area (Å²) < 4.78 is 0. The molecular weight excluding hydrogens is 348 g/mol. The van der Waals surface area contributed by atoms with E-state index in [0.717, 1.165) is 22.5 Å². The van der Waals surface area contributed by atoms with E-state index in [2.05, 4.69) is 20.2 Å². The van der Waals surface area contributed by atoms with Crippen LogP contribution in [-0.2, 0) is 0 Å². The van der Waals surface area contributed by atoms with E-state index in [1.807, 2.05) is 60.7 Å². The Morgan fingerprint density at radius 3 is 2.00 bits per heavy atom. The molecule has 3 aromatic carbocycles. The number of aromatic amines is 1. The van der Waals surface area contributed by atoms with Gasteiger partial charge in [-0.05, 0) is 31.2 Å². The van der Waals surface area contributed by atoms with Crippen LogP contribution >= 0.6 is 0 Å². The Kier molecular flexibility index (Phi) is 4.89. The number of imidazole rings is 1. The summed E-state index contributed by atoms with van der Waals surface area (Å²) in [5.41, 5.74) is 5.06. The molecule has 0 aliphatic rings. The quantitative estimate of drug-likeness (QED) is 0.330. The van der Waals surface area contributed by atoms with Crippen molar-refractivity contribution >= 4 is 17.4 Å². The van der Waals surface area contributed by atoms with Crippen LogP contribution in [0.3, 0.4) is 0 Å². The van der Waals surface area contributed by atoms with Gasteiger partial charge in [-0.25, -0.2) is 4.98 Å². The molecule has 0 atom stereocenters. The summed E-state index contributed by atoms with van der Waals surface area (Å²) in [4.78, 5) is 19.3. The smallest absolute Gasteiger partial charge is 0.247 e. The highest BCUT2D eigenvalue weighted by Crippen LogP contribution is 2.32. The fraction of sp³-hybridized carbons (Fsp3) is 0.0435. The number of aromatic nitrogens is 2. The number of nitrogens with zero attached hydrogens (tertiary/aromatic N) is 3. The molecule has 28 heavy (non-hydrogen) atoms. The summed E-state index contributed by atoms with van der Waals surface area (Å²) in [7, 11) is 0. The zero-order valence-corrected chi connectivity index (χ0v) is 15.3. The number of hydrogen-bond donors (Lipinski definition) is 1. The normalized spacial score (nSPS) is 11.0. The van der Waals surface area contributed by atoms with Crippen molar-refractivity contribution in [1.29, 1.82) is 0 Å². The van der Waals surface area contributed by atoms with Gasteiger partial charge in [-0.3, -0.25) is 4.79 Å². The number of benzene rings is 3. The Bertz CT molecular complexity index is 1060. The van der Waals surface area contributed by atoms with Crippen LogP contribution in [0.1, 0.15) is 17.3 Å². The van der Waals surface area contributed by atoms with Crippen LogP contribution in [0.5, 0.6) is 0 Å². The van der Waals surface area contributed by atoms with E-state index in [1.54, 1.807) is 24.3 Å². The lowest BCUT2D eigenvalue weighted by molar-refractivity contribution is 0.101. The third-order valence-corrected chi connectivity index (χ3v) is 4.34. The lowest BCUT2D eigenvalue weighted by Gasteiger charge is -2.02. The predicted molar refractivity (Wildman–Crippen MR) is 110 cm³/mol. The van der Waals surface area contributed by atoms with Crippen LogP contribution in [0.4, 0.5) is 11.6 Å². The fourth-order valence-electron chi connectivity index (χ4n) is 2.89. The van der Waals surface area contributed by atoms with Crippen molar-refractivity contribution < 1.29 is 4.79 Å². The Labute approximate surface area is 162 Å². The van der Waals surface area contributed by atoms with Gasteiger partial charge in [-0.15, -0.1) is 10.2 Å². The average Bonchev–Trinajstić information content (AvgIpc) is 3.18. The maximum absolute atomic E-state index is 11.4. The molecular formula is C23H18N4O. The molecule has 1 aromatic heterocycles. The maximum Gasteiger partial charge on any atom is 0.247 e. The minimum absolute atomic E-state index is 0.0227. The zero-order valence-electron chi connectivity index (χ0n) is 15.3. The van der Waals surface area contributed by atoms with Crippen molar-refractivity contribution in [3.8, 4) is 22.5 Å². The third kappa shape index (κ3) is 3.78. The average molecular weight is 366 g/mol. The van der Waals surface area contributed by atoms with Crippen LogP contribution in [0.2, 0.25) is 0 Å². The molecule has 0 bridgehead atoms. The summed E-state index contributed by atoms with van der Waals surface area (Å²) in [6, 6.07) is 27.0. The minimum Gasteiger partial charge on any atom is -0.320 e. The van der Waals surface area contributed by atoms with Crippen molar-refractivity contribution in [3.63, 3.8) is 0 Å². The molecule has 0 amide bonds. The van der Waals surface area contributed by atoms with Gasteiger partial charge < -0.3 is 4.98 Å². The molecule has 0 saturated heterocycles. The first-order valence-corrected chi connectivity index (χ1v) is 8.94. The number of H-pyrrole nitrogens is 1. The summed E-state index contributed by atoms with van der Waals surface area (Å²) in [5, 5.41) is 8.50. The van der Waals surface area contributed by atoms with Crippen LogP contribution in [0.25, 0.3) is 22.5 Å². The number of hydrogen-bond acceptors (Lipinski definition) is 4. The monoisotopic (exact) mass is 366 g/mol. The molecule has 0 unspecified atom stereocenters. The molecule has 0 saturated carbocycles. The van der Waals surface area contributed by atoms with Gasteiger partial charge in [0.2, 0.25) is 5.95 Å². The van der Waals surface area contributed by atoms with Gasteiger partial charge in [-0.2, -0.15) is 0 Å². The van der Waals surface area contributed by atoms with Crippen molar-refractivity contribution in [1.82, 2.24) is 9.97 Å². The topological polar surface area (TPSA) is 70.5 Å². The summed E-state index contributed by atoms with van der Waals surface area (Å²) >= 11 is 0. The molecule has 4 rings (SSSR count). The van der Waals surface area contributed by atoms with Crippen molar-refractivity contribution in [2.45, 2.75) is 6.92 Å². The zero-order chi connectivity index (χ0) is 19.3. The molecule has 5 nitrogen and oxygen atoms in total. The number of azo groups is 1. The minimum atomic E-state index is 0.0227. The molecule has 0 radical (unpaired) electrons. The van der Waals surface area contributed by atoms with Crippen LogP contribution in [0.15, 0.2) is 95.2 Å². The highest BCUT2D eigenvalue weighted by molar-refractivity contribution is 5.94. The number of rotatable bonds is 5. The molecule has 4 aromatic rings. The summed E-state index contributed by atoms with van der Waals surface area (Å²) in [6.07, 6.45) is 0. The Balaban J connectivity index is 1.70. The maximum atomic E-state index is 11.4. The number of ketones is 1.